The molecule has 17 heavy (non-hydrogen) atoms. The van der Waals surface area contributed by atoms with E-state index in [0.717, 1.165) is 30.1 Å². The van der Waals surface area contributed by atoms with Gasteiger partial charge >= 0.3 is 5.97 Å². The summed E-state index contributed by atoms with van der Waals surface area (Å²) in [5, 5.41) is 8.99. The van der Waals surface area contributed by atoms with Crippen molar-refractivity contribution in [1.82, 2.24) is 0 Å². The molecule has 4 saturated carbocycles. The fraction of sp³-hybridized carbons (Fsp3) is 0.800. The van der Waals surface area contributed by atoms with Crippen LogP contribution in [-0.2, 0) is 4.79 Å². The Morgan fingerprint density at radius 3 is 2.06 bits per heavy atom. The smallest absolute Gasteiger partial charge is 0.328 e. The molecule has 0 aromatic rings. The van der Waals surface area contributed by atoms with Crippen molar-refractivity contribution in [1.29, 1.82) is 0 Å². The van der Waals surface area contributed by atoms with Crippen LogP contribution in [0.1, 0.15) is 45.4 Å². The van der Waals surface area contributed by atoms with E-state index < -0.39 is 5.97 Å². The highest BCUT2D eigenvalue weighted by atomic mass is 16.4. The SMILES string of the molecule is CC/C(=C\C(=O)O)C1C2CC3CC(C2)CC1C3. The van der Waals surface area contributed by atoms with Crippen molar-refractivity contribution >= 4 is 5.97 Å². The van der Waals surface area contributed by atoms with Gasteiger partial charge in [0.25, 0.3) is 0 Å². The lowest BCUT2D eigenvalue weighted by Gasteiger charge is -2.55. The number of hydrogen-bond acceptors (Lipinski definition) is 1. The highest BCUT2D eigenvalue weighted by Crippen LogP contribution is 2.58. The summed E-state index contributed by atoms with van der Waals surface area (Å²) in [4.78, 5) is 10.9. The lowest BCUT2D eigenvalue weighted by Crippen LogP contribution is -2.45. The third-order valence-electron chi connectivity index (χ3n) is 5.37. The predicted octanol–water partition coefficient (Wildman–Crippen LogP) is 3.48. The first-order chi connectivity index (χ1) is 8.17. The maximum absolute atomic E-state index is 10.9. The quantitative estimate of drug-likeness (QED) is 0.759. The number of carboxylic acid groups (broad SMARTS) is 1. The summed E-state index contributed by atoms with van der Waals surface area (Å²) in [5.41, 5.74) is 1.21. The van der Waals surface area contributed by atoms with Crippen molar-refractivity contribution in [3.8, 4) is 0 Å². The minimum absolute atomic E-state index is 0.601. The molecule has 4 aliphatic carbocycles. The van der Waals surface area contributed by atoms with Gasteiger partial charge in [-0.05, 0) is 68.1 Å². The molecule has 0 radical (unpaired) electrons. The fourth-order valence-corrected chi connectivity index (χ4v) is 5.12. The summed E-state index contributed by atoms with van der Waals surface area (Å²) in [6.07, 6.45) is 9.36. The van der Waals surface area contributed by atoms with Crippen LogP contribution in [0.4, 0.5) is 0 Å². The van der Waals surface area contributed by atoms with E-state index in [1.54, 1.807) is 0 Å². The number of carbonyl (C=O) groups is 1. The van der Waals surface area contributed by atoms with Gasteiger partial charge in [-0.25, -0.2) is 4.79 Å². The average molecular weight is 234 g/mol. The molecule has 1 N–H and O–H groups in total. The summed E-state index contributed by atoms with van der Waals surface area (Å²) in [5.74, 6) is 3.39. The van der Waals surface area contributed by atoms with Gasteiger partial charge in [-0.2, -0.15) is 0 Å². The first kappa shape index (κ1) is 11.3. The fourth-order valence-electron chi connectivity index (χ4n) is 5.12. The van der Waals surface area contributed by atoms with Crippen LogP contribution in [0, 0.1) is 29.6 Å². The van der Waals surface area contributed by atoms with E-state index in [2.05, 4.69) is 6.92 Å². The summed E-state index contributed by atoms with van der Waals surface area (Å²) >= 11 is 0. The first-order valence-corrected chi connectivity index (χ1v) is 7.10. The second-order valence-electron chi connectivity index (χ2n) is 6.37. The number of rotatable bonds is 3. The molecular weight excluding hydrogens is 212 g/mol. The van der Waals surface area contributed by atoms with E-state index in [1.807, 2.05) is 0 Å². The molecule has 94 valence electrons. The van der Waals surface area contributed by atoms with Crippen molar-refractivity contribution in [2.45, 2.75) is 45.4 Å². The monoisotopic (exact) mass is 234 g/mol. The van der Waals surface area contributed by atoms with E-state index in [9.17, 15) is 4.79 Å². The van der Waals surface area contributed by atoms with Crippen molar-refractivity contribution in [3.63, 3.8) is 0 Å². The molecule has 4 fully saturated rings. The minimum atomic E-state index is -0.754. The molecule has 0 aromatic heterocycles. The molecule has 4 rings (SSSR count). The van der Waals surface area contributed by atoms with Crippen molar-refractivity contribution in [2.24, 2.45) is 29.6 Å². The molecule has 0 heterocycles. The molecule has 2 heteroatoms. The Hall–Kier alpha value is -0.790. The van der Waals surface area contributed by atoms with Gasteiger partial charge in [0.15, 0.2) is 0 Å². The molecule has 0 spiro atoms. The molecule has 0 amide bonds. The van der Waals surface area contributed by atoms with E-state index in [1.165, 1.54) is 43.8 Å². The van der Waals surface area contributed by atoms with Crippen LogP contribution in [0.5, 0.6) is 0 Å². The summed E-state index contributed by atoms with van der Waals surface area (Å²) in [6.45, 7) is 2.11. The standard InChI is InChI=1S/C15H22O2/c1-2-11(8-14(16)17)15-12-4-9-3-10(6-12)7-13(15)5-9/h8-10,12-13,15H,2-7H2,1H3,(H,16,17)/b11-8+. The van der Waals surface area contributed by atoms with Crippen LogP contribution in [0.3, 0.4) is 0 Å². The maximum atomic E-state index is 10.9. The molecule has 4 aliphatic rings. The summed E-state index contributed by atoms with van der Waals surface area (Å²) in [7, 11) is 0. The zero-order valence-corrected chi connectivity index (χ0v) is 10.6. The van der Waals surface area contributed by atoms with Crippen molar-refractivity contribution < 1.29 is 9.90 Å². The highest BCUT2D eigenvalue weighted by Gasteiger charge is 2.48. The van der Waals surface area contributed by atoms with Gasteiger partial charge in [-0.15, -0.1) is 0 Å². The molecule has 2 nitrogen and oxygen atoms in total. The molecule has 0 saturated heterocycles. The second-order valence-corrected chi connectivity index (χ2v) is 6.37. The van der Waals surface area contributed by atoms with Crippen LogP contribution in [0.25, 0.3) is 0 Å². The van der Waals surface area contributed by atoms with Gasteiger partial charge in [-0.1, -0.05) is 12.5 Å². The van der Waals surface area contributed by atoms with Crippen LogP contribution in [0.15, 0.2) is 11.6 Å². The molecule has 0 unspecified atom stereocenters. The van der Waals surface area contributed by atoms with Crippen LogP contribution in [-0.4, -0.2) is 11.1 Å². The minimum Gasteiger partial charge on any atom is -0.478 e. The zero-order chi connectivity index (χ0) is 12.0. The zero-order valence-electron chi connectivity index (χ0n) is 10.6. The van der Waals surface area contributed by atoms with E-state index in [4.69, 9.17) is 5.11 Å². The topological polar surface area (TPSA) is 37.3 Å². The van der Waals surface area contributed by atoms with E-state index >= 15 is 0 Å². The van der Waals surface area contributed by atoms with Crippen LogP contribution >= 0.6 is 0 Å². The Morgan fingerprint density at radius 2 is 1.65 bits per heavy atom. The highest BCUT2D eigenvalue weighted by molar-refractivity contribution is 5.80. The Morgan fingerprint density at radius 1 is 1.12 bits per heavy atom. The van der Waals surface area contributed by atoms with E-state index in [0.29, 0.717) is 5.92 Å². The number of carboxylic acids is 1. The van der Waals surface area contributed by atoms with Crippen LogP contribution in [0.2, 0.25) is 0 Å². The normalized spacial score (nSPS) is 44.1. The first-order valence-electron chi connectivity index (χ1n) is 7.10. The van der Waals surface area contributed by atoms with Gasteiger partial charge in [0.05, 0.1) is 0 Å². The third kappa shape index (κ3) is 1.92. The van der Waals surface area contributed by atoms with Gasteiger partial charge in [0, 0.05) is 6.08 Å². The maximum Gasteiger partial charge on any atom is 0.328 e. The molecule has 0 aromatic carbocycles. The second kappa shape index (κ2) is 4.15. The lowest BCUT2D eigenvalue weighted by atomic mass is 9.50. The van der Waals surface area contributed by atoms with Crippen molar-refractivity contribution in [2.75, 3.05) is 0 Å². The number of hydrogen-bond donors (Lipinski definition) is 1. The Kier molecular flexibility index (Phi) is 2.76. The Bertz CT molecular complexity index is 328. The average Bonchev–Trinajstić information content (AvgIpc) is 2.25. The molecule has 0 atom stereocenters. The number of aliphatic carboxylic acids is 1. The molecule has 4 bridgehead atoms. The third-order valence-corrected chi connectivity index (χ3v) is 5.37. The predicted molar refractivity (Wildman–Crippen MR) is 66.5 cm³/mol. The van der Waals surface area contributed by atoms with Gasteiger partial charge in [-0.3, -0.25) is 0 Å². The van der Waals surface area contributed by atoms with Gasteiger partial charge in [0.2, 0.25) is 0 Å². The lowest BCUT2D eigenvalue weighted by molar-refractivity contribution is -0.131. The summed E-state index contributed by atoms with van der Waals surface area (Å²) in [6, 6.07) is 0. The van der Waals surface area contributed by atoms with Gasteiger partial charge in [0.1, 0.15) is 0 Å². The van der Waals surface area contributed by atoms with Crippen molar-refractivity contribution in [3.05, 3.63) is 11.6 Å². The van der Waals surface area contributed by atoms with Gasteiger partial charge < -0.3 is 5.11 Å². The largest absolute Gasteiger partial charge is 0.478 e. The Labute approximate surface area is 103 Å². The molecular formula is C15H22O2. The van der Waals surface area contributed by atoms with E-state index in [-0.39, 0.29) is 0 Å². The summed E-state index contributed by atoms with van der Waals surface area (Å²) < 4.78 is 0. The number of allylic oxidation sites excluding steroid dienone is 1. The van der Waals surface area contributed by atoms with Crippen LogP contribution < -0.4 is 0 Å². The Balaban J connectivity index is 1.85. The molecule has 0 aliphatic heterocycles.